The van der Waals surface area contributed by atoms with Crippen molar-refractivity contribution in [3.63, 3.8) is 0 Å². The van der Waals surface area contributed by atoms with E-state index < -0.39 is 0 Å². The molecule has 0 bridgehead atoms. The summed E-state index contributed by atoms with van der Waals surface area (Å²) in [5.41, 5.74) is 3.97. The zero-order chi connectivity index (χ0) is 23.3. The first-order valence-corrected chi connectivity index (χ1v) is 13.1. The van der Waals surface area contributed by atoms with Gasteiger partial charge in [0.25, 0.3) is 0 Å². The molecule has 4 aromatic rings. The number of Topliss-reactive ketones (excluding diaryl/α,β-unsaturated/α-hetero) is 1. The lowest BCUT2D eigenvalue weighted by atomic mass is 9.84. The van der Waals surface area contributed by atoms with Gasteiger partial charge < -0.3 is 0 Å². The molecule has 1 saturated carbocycles. The molecule has 1 aliphatic carbocycles. The fourth-order valence-electron chi connectivity index (χ4n) is 4.55. The summed E-state index contributed by atoms with van der Waals surface area (Å²) in [5.74, 6) is 1.75. The van der Waals surface area contributed by atoms with Crippen LogP contribution < -0.4 is 0 Å². The Bertz CT molecular complexity index is 1250. The Morgan fingerprint density at radius 1 is 0.882 bits per heavy atom. The van der Waals surface area contributed by atoms with Crippen LogP contribution in [0.2, 0.25) is 5.02 Å². The van der Waals surface area contributed by atoms with Crippen LogP contribution in [0.4, 0.5) is 0 Å². The van der Waals surface area contributed by atoms with Crippen LogP contribution in [0.1, 0.15) is 53.9 Å². The molecule has 0 aliphatic heterocycles. The third-order valence-electron chi connectivity index (χ3n) is 6.39. The molecule has 0 atom stereocenters. The van der Waals surface area contributed by atoms with Crippen LogP contribution >= 0.6 is 23.4 Å². The molecule has 0 unspecified atom stereocenters. The number of thioether (sulfide) groups is 1. The summed E-state index contributed by atoms with van der Waals surface area (Å²) < 4.78 is 1.99. The maximum absolute atomic E-state index is 13.0. The highest BCUT2D eigenvalue weighted by molar-refractivity contribution is 7.99. The van der Waals surface area contributed by atoms with Gasteiger partial charge in [-0.1, -0.05) is 85.1 Å². The summed E-state index contributed by atoms with van der Waals surface area (Å²) in [5, 5.41) is 10.2. The highest BCUT2D eigenvalue weighted by atomic mass is 35.5. The summed E-state index contributed by atoms with van der Waals surface area (Å²) in [6.45, 7) is 0. The van der Waals surface area contributed by atoms with Crippen molar-refractivity contribution >= 4 is 29.1 Å². The molecular formula is C28H26ClN3OS. The van der Waals surface area contributed by atoms with Gasteiger partial charge in [-0.15, -0.1) is 10.2 Å². The number of halogens is 1. The Morgan fingerprint density at radius 3 is 2.29 bits per heavy atom. The van der Waals surface area contributed by atoms with E-state index in [2.05, 4.69) is 22.3 Å². The number of hydrogen-bond donors (Lipinski definition) is 0. The second-order valence-electron chi connectivity index (χ2n) is 8.65. The standard InChI is InChI=1S/C28H26ClN3OS/c29-24-17-15-23(16-18-24)27-30-31-28(32(27)25-9-5-2-6-10-25)34-19-26(33)22-13-11-21(12-14-22)20-7-3-1-4-8-20/h2,5-6,9-18,20H,1,3-4,7-8,19H2. The van der Waals surface area contributed by atoms with E-state index in [4.69, 9.17) is 11.6 Å². The second-order valence-corrected chi connectivity index (χ2v) is 10.0. The Morgan fingerprint density at radius 2 is 1.59 bits per heavy atom. The van der Waals surface area contributed by atoms with Gasteiger partial charge >= 0.3 is 0 Å². The fraction of sp³-hybridized carbons (Fsp3) is 0.250. The molecular weight excluding hydrogens is 462 g/mol. The predicted molar refractivity (Wildman–Crippen MR) is 139 cm³/mol. The van der Waals surface area contributed by atoms with E-state index >= 15 is 0 Å². The number of carbonyl (C=O) groups is 1. The average Bonchev–Trinajstić information content (AvgIpc) is 3.33. The van der Waals surface area contributed by atoms with Gasteiger partial charge in [0.1, 0.15) is 0 Å². The van der Waals surface area contributed by atoms with Crippen molar-refractivity contribution in [2.75, 3.05) is 5.75 Å². The Hall–Kier alpha value is -2.89. The molecule has 0 N–H and O–H groups in total. The van der Waals surface area contributed by atoms with E-state index in [1.165, 1.54) is 49.4 Å². The second kappa shape index (κ2) is 10.6. The molecule has 1 aliphatic rings. The van der Waals surface area contributed by atoms with Crippen LogP contribution in [0.5, 0.6) is 0 Å². The van der Waals surface area contributed by atoms with Gasteiger partial charge in [-0.25, -0.2) is 0 Å². The molecule has 0 saturated heterocycles. The maximum Gasteiger partial charge on any atom is 0.196 e. The van der Waals surface area contributed by atoms with E-state index in [-0.39, 0.29) is 5.78 Å². The van der Waals surface area contributed by atoms with Crippen molar-refractivity contribution in [3.05, 3.63) is 95.0 Å². The minimum absolute atomic E-state index is 0.0934. The SMILES string of the molecule is O=C(CSc1nnc(-c2ccc(Cl)cc2)n1-c1ccccc1)c1ccc(C2CCCCC2)cc1. The number of hydrogen-bond acceptors (Lipinski definition) is 4. The van der Waals surface area contributed by atoms with Crippen molar-refractivity contribution in [3.8, 4) is 17.1 Å². The van der Waals surface area contributed by atoms with Crippen LogP contribution in [-0.2, 0) is 0 Å². The van der Waals surface area contributed by atoms with Crippen LogP contribution in [0.3, 0.4) is 0 Å². The van der Waals surface area contributed by atoms with E-state index in [1.807, 2.05) is 71.3 Å². The summed E-state index contributed by atoms with van der Waals surface area (Å²) >= 11 is 7.48. The first-order valence-electron chi connectivity index (χ1n) is 11.7. The number of nitrogens with zero attached hydrogens (tertiary/aromatic N) is 3. The van der Waals surface area contributed by atoms with Crippen molar-refractivity contribution < 1.29 is 4.79 Å². The molecule has 1 aromatic heterocycles. The van der Waals surface area contributed by atoms with Gasteiger partial charge in [-0.2, -0.15) is 0 Å². The van der Waals surface area contributed by atoms with Gasteiger partial charge in [-0.05, 0) is 60.7 Å². The topological polar surface area (TPSA) is 47.8 Å². The lowest BCUT2D eigenvalue weighted by Crippen LogP contribution is -2.07. The molecule has 0 amide bonds. The monoisotopic (exact) mass is 487 g/mol. The van der Waals surface area contributed by atoms with E-state index in [0.717, 1.165) is 22.6 Å². The summed E-state index contributed by atoms with van der Waals surface area (Å²) in [6, 6.07) is 25.7. The Kier molecular flexibility index (Phi) is 7.12. The van der Waals surface area contributed by atoms with Gasteiger partial charge in [0.2, 0.25) is 0 Å². The van der Waals surface area contributed by atoms with Crippen molar-refractivity contribution in [2.24, 2.45) is 0 Å². The maximum atomic E-state index is 13.0. The summed E-state index contributed by atoms with van der Waals surface area (Å²) in [4.78, 5) is 13.0. The molecule has 34 heavy (non-hydrogen) atoms. The van der Waals surface area contributed by atoms with E-state index in [1.54, 1.807) is 0 Å². The Balaban J connectivity index is 1.35. The highest BCUT2D eigenvalue weighted by Gasteiger charge is 2.19. The molecule has 0 radical (unpaired) electrons. The fourth-order valence-corrected chi connectivity index (χ4v) is 5.52. The minimum Gasteiger partial charge on any atom is -0.293 e. The normalized spacial score (nSPS) is 14.3. The van der Waals surface area contributed by atoms with Crippen LogP contribution in [-0.4, -0.2) is 26.3 Å². The van der Waals surface area contributed by atoms with Gasteiger partial charge in [0.05, 0.1) is 5.75 Å². The predicted octanol–water partition coefficient (Wildman–Crippen LogP) is 7.61. The largest absolute Gasteiger partial charge is 0.293 e. The van der Waals surface area contributed by atoms with E-state index in [9.17, 15) is 4.79 Å². The third kappa shape index (κ3) is 5.11. The Labute approximate surface area is 209 Å². The number of rotatable bonds is 7. The summed E-state index contributed by atoms with van der Waals surface area (Å²) in [7, 11) is 0. The molecule has 0 spiro atoms. The average molecular weight is 488 g/mol. The number of benzene rings is 3. The lowest BCUT2D eigenvalue weighted by Gasteiger charge is -2.22. The quantitative estimate of drug-likeness (QED) is 0.199. The summed E-state index contributed by atoms with van der Waals surface area (Å²) in [6.07, 6.45) is 6.48. The molecule has 4 nitrogen and oxygen atoms in total. The van der Waals surface area contributed by atoms with E-state index in [0.29, 0.717) is 21.8 Å². The number of ketones is 1. The zero-order valence-corrected chi connectivity index (χ0v) is 20.4. The van der Waals surface area contributed by atoms with Crippen LogP contribution in [0, 0.1) is 0 Å². The smallest absolute Gasteiger partial charge is 0.196 e. The van der Waals surface area contributed by atoms with Crippen molar-refractivity contribution in [2.45, 2.75) is 43.2 Å². The first-order chi connectivity index (χ1) is 16.7. The molecule has 3 aromatic carbocycles. The lowest BCUT2D eigenvalue weighted by molar-refractivity contribution is 0.102. The molecule has 1 heterocycles. The molecule has 1 fully saturated rings. The number of carbonyl (C=O) groups excluding carboxylic acids is 1. The van der Waals surface area contributed by atoms with Crippen molar-refractivity contribution in [1.82, 2.24) is 14.8 Å². The third-order valence-corrected chi connectivity index (χ3v) is 7.57. The van der Waals surface area contributed by atoms with Crippen molar-refractivity contribution in [1.29, 1.82) is 0 Å². The van der Waals surface area contributed by atoms with Crippen LogP contribution in [0.25, 0.3) is 17.1 Å². The van der Waals surface area contributed by atoms with Crippen LogP contribution in [0.15, 0.2) is 84.0 Å². The van der Waals surface area contributed by atoms with Gasteiger partial charge in [0, 0.05) is 21.8 Å². The molecule has 5 rings (SSSR count). The first kappa shape index (κ1) is 22.9. The molecule has 6 heteroatoms. The van der Waals surface area contributed by atoms with Gasteiger partial charge in [-0.3, -0.25) is 9.36 Å². The zero-order valence-electron chi connectivity index (χ0n) is 18.9. The highest BCUT2D eigenvalue weighted by Crippen LogP contribution is 2.33. The van der Waals surface area contributed by atoms with Gasteiger partial charge in [0.15, 0.2) is 16.8 Å². The molecule has 172 valence electrons. The number of para-hydroxylation sites is 1. The number of aromatic nitrogens is 3. The minimum atomic E-state index is 0.0934.